The van der Waals surface area contributed by atoms with Crippen molar-refractivity contribution in [1.82, 2.24) is 10.2 Å². The fourth-order valence-corrected chi connectivity index (χ4v) is 5.48. The number of amides is 4. The van der Waals surface area contributed by atoms with E-state index in [0.29, 0.717) is 22.9 Å². The van der Waals surface area contributed by atoms with Gasteiger partial charge < -0.3 is 20.3 Å². The third-order valence-electron chi connectivity index (χ3n) is 6.88. The minimum absolute atomic E-state index is 0.0140. The maximum atomic E-state index is 13.1. The molecule has 196 valence electrons. The summed E-state index contributed by atoms with van der Waals surface area (Å²) >= 11 is 3.34. The van der Waals surface area contributed by atoms with Crippen LogP contribution >= 0.6 is 15.9 Å². The van der Waals surface area contributed by atoms with Crippen molar-refractivity contribution in [3.8, 4) is 5.75 Å². The Morgan fingerprint density at radius 2 is 1.95 bits per heavy atom. The molecule has 37 heavy (non-hydrogen) atoms. The van der Waals surface area contributed by atoms with Gasteiger partial charge in [0.2, 0.25) is 5.91 Å². The summed E-state index contributed by atoms with van der Waals surface area (Å²) in [5.41, 5.74) is 3.72. The summed E-state index contributed by atoms with van der Waals surface area (Å²) in [5.74, 6) is -0.0945. The van der Waals surface area contributed by atoms with Crippen LogP contribution in [0.4, 0.5) is 16.2 Å². The number of nitrogens with zero attached hydrogens (tertiary/aromatic N) is 2. The number of hydrogen-bond donors (Lipinski definition) is 2. The Kier molecular flexibility index (Phi) is 7.64. The number of benzene rings is 2. The molecule has 1 atom stereocenters. The summed E-state index contributed by atoms with van der Waals surface area (Å²) in [6.07, 6.45) is 3.65. The van der Waals surface area contributed by atoms with Crippen LogP contribution in [0.15, 0.2) is 46.6 Å². The van der Waals surface area contributed by atoms with E-state index in [1.165, 1.54) is 5.56 Å². The summed E-state index contributed by atoms with van der Waals surface area (Å²) in [6, 6.07) is 10.5. The van der Waals surface area contributed by atoms with Crippen molar-refractivity contribution in [2.45, 2.75) is 52.0 Å². The lowest BCUT2D eigenvalue weighted by Crippen LogP contribution is -2.48. The van der Waals surface area contributed by atoms with Crippen LogP contribution < -0.4 is 20.3 Å². The molecule has 9 heteroatoms. The zero-order valence-corrected chi connectivity index (χ0v) is 23.4. The number of nitrogens with one attached hydrogen (secondary N) is 2. The number of hydrogen-bond acceptors (Lipinski definition) is 5. The molecule has 2 aliphatic heterocycles. The van der Waals surface area contributed by atoms with Gasteiger partial charge in [0, 0.05) is 39.6 Å². The number of urea groups is 1. The second-order valence-corrected chi connectivity index (χ2v) is 11.1. The summed E-state index contributed by atoms with van der Waals surface area (Å²) in [5, 5.41) is 5.31. The molecule has 8 nitrogen and oxygen atoms in total. The molecule has 2 N–H and O–H groups in total. The van der Waals surface area contributed by atoms with Gasteiger partial charge in [-0.05, 0) is 74.6 Å². The molecule has 2 aromatic carbocycles. The van der Waals surface area contributed by atoms with Gasteiger partial charge in [-0.25, -0.2) is 9.69 Å². The molecular formula is C28H33BrN4O4. The van der Waals surface area contributed by atoms with Crippen LogP contribution in [0.25, 0.3) is 6.08 Å². The maximum Gasteiger partial charge on any atom is 0.329 e. The molecule has 1 unspecified atom stereocenters. The predicted octanol–water partition coefficient (Wildman–Crippen LogP) is 5.49. The van der Waals surface area contributed by atoms with Crippen molar-refractivity contribution >= 4 is 51.2 Å². The van der Waals surface area contributed by atoms with E-state index in [9.17, 15) is 14.4 Å². The Labute approximate surface area is 226 Å². The van der Waals surface area contributed by atoms with E-state index in [2.05, 4.69) is 59.2 Å². The van der Waals surface area contributed by atoms with E-state index in [-0.39, 0.29) is 11.2 Å². The third kappa shape index (κ3) is 5.51. The lowest BCUT2D eigenvalue weighted by molar-refractivity contribution is -0.127. The second-order valence-electron chi connectivity index (χ2n) is 10.2. The van der Waals surface area contributed by atoms with Crippen LogP contribution in [-0.2, 0) is 9.59 Å². The Morgan fingerprint density at radius 3 is 2.59 bits per heavy atom. The first kappa shape index (κ1) is 26.7. The summed E-state index contributed by atoms with van der Waals surface area (Å²) in [7, 11) is 1.60. The molecule has 0 spiro atoms. The molecule has 0 bridgehead atoms. The number of rotatable bonds is 7. The van der Waals surface area contributed by atoms with E-state index in [4.69, 9.17) is 4.74 Å². The first-order valence-electron chi connectivity index (χ1n) is 12.4. The minimum Gasteiger partial charge on any atom is -0.496 e. The SMILES string of the molecule is CCCN1c2cc(OC)c(/C=C3/NC(=O)N(CC(=O)Nc4ccc(Br)cc4)C3=O)cc2C(C)CC1(C)C. The van der Waals surface area contributed by atoms with Crippen molar-refractivity contribution < 1.29 is 19.1 Å². The smallest absolute Gasteiger partial charge is 0.329 e. The lowest BCUT2D eigenvalue weighted by Gasteiger charge is -2.47. The van der Waals surface area contributed by atoms with Gasteiger partial charge in [-0.15, -0.1) is 0 Å². The van der Waals surface area contributed by atoms with Gasteiger partial charge in [0.05, 0.1) is 7.11 Å². The molecule has 0 saturated carbocycles. The number of anilines is 2. The van der Waals surface area contributed by atoms with Crippen molar-refractivity contribution in [1.29, 1.82) is 0 Å². The summed E-state index contributed by atoms with van der Waals surface area (Å²) < 4.78 is 6.58. The molecule has 2 heterocycles. The second kappa shape index (κ2) is 10.6. The molecule has 1 saturated heterocycles. The molecule has 4 amide bonds. The molecule has 2 aromatic rings. The van der Waals surface area contributed by atoms with E-state index < -0.39 is 24.4 Å². The summed E-state index contributed by atoms with van der Waals surface area (Å²) in [6.45, 7) is 9.45. The van der Waals surface area contributed by atoms with E-state index in [1.54, 1.807) is 37.5 Å². The number of imide groups is 1. The molecule has 2 aliphatic rings. The third-order valence-corrected chi connectivity index (χ3v) is 7.40. The highest BCUT2D eigenvalue weighted by atomic mass is 79.9. The fourth-order valence-electron chi connectivity index (χ4n) is 5.21. The van der Waals surface area contributed by atoms with Gasteiger partial charge in [0.1, 0.15) is 18.0 Å². The lowest BCUT2D eigenvalue weighted by atomic mass is 9.79. The highest BCUT2D eigenvalue weighted by Crippen LogP contribution is 2.46. The van der Waals surface area contributed by atoms with Gasteiger partial charge in [0.15, 0.2) is 0 Å². The molecule has 4 rings (SSSR count). The Morgan fingerprint density at radius 1 is 1.24 bits per heavy atom. The molecule has 0 aliphatic carbocycles. The standard InChI is InChI=1S/C28H33BrN4O4/c1-6-11-33-23-14-24(37-5)18(12-21(23)17(2)15-28(33,3)4)13-22-26(35)32(27(36)31-22)16-25(34)30-20-9-7-19(29)8-10-20/h7-10,12-14,17H,6,11,15-16H2,1-5H3,(H,30,34)(H,31,36)/b22-13+. The molecule has 1 fully saturated rings. The first-order chi connectivity index (χ1) is 17.5. The Bertz CT molecular complexity index is 1260. The highest BCUT2D eigenvalue weighted by molar-refractivity contribution is 9.10. The Balaban J connectivity index is 1.59. The average molecular weight is 569 g/mol. The minimum atomic E-state index is -0.636. The summed E-state index contributed by atoms with van der Waals surface area (Å²) in [4.78, 5) is 41.5. The zero-order chi connectivity index (χ0) is 26.9. The van der Waals surface area contributed by atoms with Crippen LogP contribution in [0.5, 0.6) is 5.75 Å². The average Bonchev–Trinajstić information content (AvgIpc) is 3.10. The Hall–Kier alpha value is -3.33. The van der Waals surface area contributed by atoms with E-state index >= 15 is 0 Å². The molecule has 0 aromatic heterocycles. The van der Waals surface area contributed by atoms with Crippen molar-refractivity contribution in [2.24, 2.45) is 0 Å². The van der Waals surface area contributed by atoms with Gasteiger partial charge in [0.25, 0.3) is 5.91 Å². The molecule has 0 radical (unpaired) electrons. The monoisotopic (exact) mass is 568 g/mol. The maximum absolute atomic E-state index is 13.1. The van der Waals surface area contributed by atoms with Crippen LogP contribution in [-0.4, -0.2) is 48.5 Å². The normalized spacial score (nSPS) is 19.6. The van der Waals surface area contributed by atoms with E-state index in [1.807, 2.05) is 12.1 Å². The van der Waals surface area contributed by atoms with Gasteiger partial charge in [-0.1, -0.05) is 29.8 Å². The topological polar surface area (TPSA) is 91.0 Å². The van der Waals surface area contributed by atoms with Crippen LogP contribution in [0.1, 0.15) is 57.6 Å². The van der Waals surface area contributed by atoms with Crippen LogP contribution in [0, 0.1) is 0 Å². The number of carbonyl (C=O) groups is 3. The number of fused-ring (bicyclic) bond motifs is 1. The number of ether oxygens (including phenoxy) is 1. The van der Waals surface area contributed by atoms with Crippen molar-refractivity contribution in [3.63, 3.8) is 0 Å². The predicted molar refractivity (Wildman–Crippen MR) is 149 cm³/mol. The van der Waals surface area contributed by atoms with Crippen LogP contribution in [0.2, 0.25) is 0 Å². The highest BCUT2D eigenvalue weighted by Gasteiger charge is 2.38. The van der Waals surface area contributed by atoms with E-state index in [0.717, 1.165) is 34.4 Å². The number of methoxy groups -OCH3 is 1. The fraction of sp³-hybridized carbons (Fsp3) is 0.393. The largest absolute Gasteiger partial charge is 0.496 e. The van der Waals surface area contributed by atoms with Crippen molar-refractivity contribution in [2.75, 3.05) is 30.4 Å². The quantitative estimate of drug-likeness (QED) is 0.340. The van der Waals surface area contributed by atoms with Crippen LogP contribution in [0.3, 0.4) is 0 Å². The number of carbonyl (C=O) groups excluding carboxylic acids is 3. The van der Waals surface area contributed by atoms with Gasteiger partial charge >= 0.3 is 6.03 Å². The van der Waals surface area contributed by atoms with Gasteiger partial charge in [-0.3, -0.25) is 9.59 Å². The van der Waals surface area contributed by atoms with Crippen molar-refractivity contribution in [3.05, 3.63) is 57.7 Å². The molecular weight excluding hydrogens is 536 g/mol. The van der Waals surface area contributed by atoms with Gasteiger partial charge in [-0.2, -0.15) is 0 Å². The zero-order valence-electron chi connectivity index (χ0n) is 21.9. The first-order valence-corrected chi connectivity index (χ1v) is 13.2. The number of halogens is 1.